The van der Waals surface area contributed by atoms with Crippen molar-refractivity contribution in [3.8, 4) is 0 Å². The lowest BCUT2D eigenvalue weighted by molar-refractivity contribution is 0.115. The van der Waals surface area contributed by atoms with Crippen LogP contribution in [0.1, 0.15) is 25.7 Å². The molecule has 0 aromatic rings. The minimum atomic E-state index is 0.582. The minimum Gasteiger partial charge on any atom is -0.366 e. The van der Waals surface area contributed by atoms with E-state index in [0.29, 0.717) is 12.2 Å². The lowest BCUT2D eigenvalue weighted by Gasteiger charge is -2.24. The summed E-state index contributed by atoms with van der Waals surface area (Å²) in [6.07, 6.45) is 6.47. The molecule has 9 heavy (non-hydrogen) atoms. The number of fused-ring (bicyclic) bond motifs is 4. The average molecular weight is 122 g/mol. The average Bonchev–Trinajstić information content (AvgIpc) is 2.18. The Bertz CT molecular complexity index is 173. The van der Waals surface area contributed by atoms with E-state index in [9.17, 15) is 0 Å². The first-order valence-corrected chi connectivity index (χ1v) is 3.82. The highest BCUT2D eigenvalue weighted by atomic mass is 16.5. The van der Waals surface area contributed by atoms with Crippen molar-refractivity contribution in [1.29, 1.82) is 0 Å². The van der Waals surface area contributed by atoms with E-state index in [4.69, 9.17) is 4.74 Å². The van der Waals surface area contributed by atoms with E-state index >= 15 is 0 Å². The summed E-state index contributed by atoms with van der Waals surface area (Å²) in [6.45, 7) is 0. The van der Waals surface area contributed by atoms with Crippen molar-refractivity contribution in [1.82, 2.24) is 0 Å². The molecule has 0 N–H and O–H groups in total. The highest BCUT2D eigenvalue weighted by Crippen LogP contribution is 2.48. The van der Waals surface area contributed by atoms with Crippen molar-refractivity contribution in [2.45, 2.75) is 37.9 Å². The SMILES string of the molecule is C1CC2=C1C1CCC2O1. The van der Waals surface area contributed by atoms with E-state index in [1.54, 1.807) is 11.1 Å². The molecule has 2 unspecified atom stereocenters. The Kier molecular flexibility index (Phi) is 0.620. The van der Waals surface area contributed by atoms with E-state index in [0.717, 1.165) is 0 Å². The van der Waals surface area contributed by atoms with Gasteiger partial charge in [0.15, 0.2) is 0 Å². The van der Waals surface area contributed by atoms with Gasteiger partial charge in [-0.25, -0.2) is 0 Å². The number of ether oxygens (including phenoxy) is 1. The highest BCUT2D eigenvalue weighted by molar-refractivity contribution is 5.37. The summed E-state index contributed by atoms with van der Waals surface area (Å²) < 4.78 is 5.69. The fraction of sp³-hybridized carbons (Fsp3) is 0.750. The van der Waals surface area contributed by atoms with E-state index in [-0.39, 0.29) is 0 Å². The van der Waals surface area contributed by atoms with E-state index in [2.05, 4.69) is 0 Å². The Balaban J connectivity index is 2.12. The van der Waals surface area contributed by atoms with Gasteiger partial charge in [0.05, 0.1) is 12.2 Å². The molecule has 0 spiro atoms. The molecule has 2 heterocycles. The maximum absolute atomic E-state index is 5.69. The van der Waals surface area contributed by atoms with Gasteiger partial charge in [0.25, 0.3) is 0 Å². The largest absolute Gasteiger partial charge is 0.366 e. The monoisotopic (exact) mass is 122 g/mol. The molecule has 2 atom stereocenters. The summed E-state index contributed by atoms with van der Waals surface area (Å²) in [5.74, 6) is 0. The predicted octanol–water partition coefficient (Wildman–Crippen LogP) is 1.64. The predicted molar refractivity (Wildman–Crippen MR) is 34.2 cm³/mol. The fourth-order valence-corrected chi connectivity index (χ4v) is 2.30. The second-order valence-electron chi connectivity index (χ2n) is 3.24. The van der Waals surface area contributed by atoms with Crippen LogP contribution in [0.4, 0.5) is 0 Å². The van der Waals surface area contributed by atoms with Crippen molar-refractivity contribution in [2.75, 3.05) is 0 Å². The second-order valence-corrected chi connectivity index (χ2v) is 3.24. The van der Waals surface area contributed by atoms with Crippen LogP contribution >= 0.6 is 0 Å². The second kappa shape index (κ2) is 1.24. The number of rotatable bonds is 0. The smallest absolute Gasteiger partial charge is 0.0798 e. The van der Waals surface area contributed by atoms with Gasteiger partial charge in [-0.05, 0) is 36.8 Å². The molecule has 3 aliphatic rings. The molecule has 2 bridgehead atoms. The Morgan fingerprint density at radius 1 is 1.00 bits per heavy atom. The van der Waals surface area contributed by atoms with Crippen LogP contribution in [0, 0.1) is 0 Å². The van der Waals surface area contributed by atoms with Gasteiger partial charge < -0.3 is 4.74 Å². The van der Waals surface area contributed by atoms with Gasteiger partial charge in [-0.3, -0.25) is 0 Å². The van der Waals surface area contributed by atoms with Crippen LogP contribution in [-0.2, 0) is 4.74 Å². The van der Waals surface area contributed by atoms with Crippen molar-refractivity contribution < 1.29 is 4.74 Å². The molecule has 0 saturated carbocycles. The summed E-state index contributed by atoms with van der Waals surface area (Å²) in [7, 11) is 0. The van der Waals surface area contributed by atoms with Crippen LogP contribution in [-0.4, -0.2) is 12.2 Å². The molecule has 0 amide bonds. The third-order valence-corrected chi connectivity index (χ3v) is 2.87. The normalized spacial score (nSPS) is 45.3. The van der Waals surface area contributed by atoms with Gasteiger partial charge in [0, 0.05) is 0 Å². The van der Waals surface area contributed by atoms with Crippen LogP contribution in [0.5, 0.6) is 0 Å². The molecule has 0 aromatic carbocycles. The van der Waals surface area contributed by atoms with E-state index < -0.39 is 0 Å². The third-order valence-electron chi connectivity index (χ3n) is 2.87. The van der Waals surface area contributed by atoms with Crippen molar-refractivity contribution in [2.24, 2.45) is 0 Å². The van der Waals surface area contributed by atoms with Gasteiger partial charge in [0.2, 0.25) is 0 Å². The molecular formula is C8H10O. The van der Waals surface area contributed by atoms with Crippen molar-refractivity contribution >= 4 is 0 Å². The van der Waals surface area contributed by atoms with Crippen molar-refractivity contribution in [3.63, 3.8) is 0 Å². The minimum absolute atomic E-state index is 0.582. The van der Waals surface area contributed by atoms with Crippen LogP contribution in [0.15, 0.2) is 11.1 Å². The number of hydrogen-bond donors (Lipinski definition) is 0. The molecular weight excluding hydrogens is 112 g/mol. The molecule has 0 radical (unpaired) electrons. The zero-order chi connectivity index (χ0) is 5.84. The molecule has 2 aliphatic heterocycles. The summed E-state index contributed by atoms with van der Waals surface area (Å²) in [4.78, 5) is 0. The van der Waals surface area contributed by atoms with Gasteiger partial charge in [0.1, 0.15) is 0 Å². The standard InChI is InChI=1S/C8H10O/c1-2-6-5(1)7-3-4-8(6)9-7/h7-8H,1-4H2. The number of hydrogen-bond acceptors (Lipinski definition) is 1. The lowest BCUT2D eigenvalue weighted by Crippen LogP contribution is -2.16. The molecule has 1 fully saturated rings. The summed E-state index contributed by atoms with van der Waals surface area (Å²) in [5.41, 5.74) is 3.34. The molecule has 3 rings (SSSR count). The fourth-order valence-electron chi connectivity index (χ4n) is 2.30. The topological polar surface area (TPSA) is 9.23 Å². The lowest BCUT2D eigenvalue weighted by atomic mass is 9.78. The van der Waals surface area contributed by atoms with Gasteiger partial charge >= 0.3 is 0 Å². The van der Waals surface area contributed by atoms with E-state index in [1.165, 1.54) is 25.7 Å². The molecule has 48 valence electrons. The van der Waals surface area contributed by atoms with Crippen LogP contribution in [0.25, 0.3) is 0 Å². The highest BCUT2D eigenvalue weighted by Gasteiger charge is 2.43. The quantitative estimate of drug-likeness (QED) is 0.444. The first kappa shape index (κ1) is 4.51. The Morgan fingerprint density at radius 2 is 1.56 bits per heavy atom. The van der Waals surface area contributed by atoms with Crippen molar-refractivity contribution in [3.05, 3.63) is 11.1 Å². The molecule has 1 saturated heterocycles. The maximum Gasteiger partial charge on any atom is 0.0798 e. The van der Waals surface area contributed by atoms with Crippen LogP contribution in [0.3, 0.4) is 0 Å². The molecule has 1 heteroatoms. The summed E-state index contributed by atoms with van der Waals surface area (Å²) in [6, 6.07) is 0. The Labute approximate surface area is 54.7 Å². The Hall–Kier alpha value is -0.300. The molecule has 1 aliphatic carbocycles. The van der Waals surface area contributed by atoms with Gasteiger partial charge in [-0.1, -0.05) is 0 Å². The molecule has 1 nitrogen and oxygen atoms in total. The zero-order valence-electron chi connectivity index (χ0n) is 5.39. The first-order chi connectivity index (χ1) is 4.45. The van der Waals surface area contributed by atoms with Crippen LogP contribution < -0.4 is 0 Å². The van der Waals surface area contributed by atoms with E-state index in [1.807, 2.05) is 0 Å². The van der Waals surface area contributed by atoms with Crippen LogP contribution in [0.2, 0.25) is 0 Å². The Morgan fingerprint density at radius 3 is 1.89 bits per heavy atom. The molecule has 0 aromatic heterocycles. The third kappa shape index (κ3) is 0.379. The summed E-state index contributed by atoms with van der Waals surface area (Å²) >= 11 is 0. The summed E-state index contributed by atoms with van der Waals surface area (Å²) in [5, 5.41) is 0. The zero-order valence-corrected chi connectivity index (χ0v) is 5.39. The first-order valence-electron chi connectivity index (χ1n) is 3.82. The van der Waals surface area contributed by atoms with Gasteiger partial charge in [-0.2, -0.15) is 0 Å². The van der Waals surface area contributed by atoms with Gasteiger partial charge in [-0.15, -0.1) is 0 Å². The maximum atomic E-state index is 5.69.